The summed E-state index contributed by atoms with van der Waals surface area (Å²) in [6, 6.07) is 2.01. The Labute approximate surface area is 98.6 Å². The van der Waals surface area contributed by atoms with Crippen LogP contribution in [-0.4, -0.2) is 37.0 Å². The molecule has 0 spiro atoms. The molecule has 1 rings (SSSR count). The molecule has 0 aliphatic heterocycles. The molecule has 0 saturated carbocycles. The van der Waals surface area contributed by atoms with E-state index in [9.17, 15) is 4.79 Å². The van der Waals surface area contributed by atoms with Crippen molar-refractivity contribution < 1.29 is 24.5 Å². The van der Waals surface area contributed by atoms with Gasteiger partial charge in [0.05, 0.1) is 32.4 Å². The van der Waals surface area contributed by atoms with E-state index in [0.29, 0.717) is 17.1 Å². The van der Waals surface area contributed by atoms with Crippen LogP contribution in [0.4, 0.5) is 0 Å². The van der Waals surface area contributed by atoms with Crippen LogP contribution in [0.25, 0.3) is 0 Å². The van der Waals surface area contributed by atoms with Crippen LogP contribution in [0.5, 0.6) is 11.5 Å². The fourth-order valence-corrected chi connectivity index (χ4v) is 1.49. The zero-order valence-corrected chi connectivity index (χ0v) is 9.64. The molecule has 4 N–H and O–H groups in total. The molecule has 0 unspecified atom stereocenters. The number of rotatable bonds is 5. The topological polar surface area (TPSA) is 102 Å². The third-order valence-corrected chi connectivity index (χ3v) is 2.38. The lowest BCUT2D eigenvalue weighted by Crippen LogP contribution is -2.18. The lowest BCUT2D eigenvalue weighted by atomic mass is 10.0. The zero-order valence-electron chi connectivity index (χ0n) is 9.64. The van der Waals surface area contributed by atoms with Crippen LogP contribution in [0.15, 0.2) is 12.1 Å². The minimum atomic E-state index is -1.13. The zero-order chi connectivity index (χ0) is 13.0. The van der Waals surface area contributed by atoms with Gasteiger partial charge in [-0.3, -0.25) is 0 Å². The van der Waals surface area contributed by atoms with Crippen molar-refractivity contribution in [1.82, 2.24) is 0 Å². The molecule has 1 aromatic carbocycles. The van der Waals surface area contributed by atoms with Crippen LogP contribution >= 0.6 is 0 Å². The number of hydrogen-bond donors (Lipinski definition) is 3. The molecular formula is C11H15NO5. The number of ether oxygens (including phenoxy) is 2. The summed E-state index contributed by atoms with van der Waals surface area (Å²) in [5, 5.41) is 18.1. The summed E-state index contributed by atoms with van der Waals surface area (Å²) in [5.41, 5.74) is 5.93. The van der Waals surface area contributed by atoms with Crippen LogP contribution in [0.2, 0.25) is 0 Å². The Kier molecular flexibility index (Phi) is 4.30. The molecule has 6 heteroatoms. The number of nitrogens with two attached hydrogens (primary N) is 1. The van der Waals surface area contributed by atoms with Gasteiger partial charge in [0.2, 0.25) is 0 Å². The van der Waals surface area contributed by atoms with Crippen molar-refractivity contribution >= 4 is 5.97 Å². The van der Waals surface area contributed by atoms with Gasteiger partial charge in [0.1, 0.15) is 0 Å². The number of aliphatic hydroxyl groups is 1. The number of hydrogen-bond acceptors (Lipinski definition) is 5. The lowest BCUT2D eigenvalue weighted by molar-refractivity contribution is 0.0694. The highest BCUT2D eigenvalue weighted by atomic mass is 16.5. The molecule has 0 aliphatic carbocycles. The van der Waals surface area contributed by atoms with Crippen molar-refractivity contribution in [2.75, 3.05) is 20.8 Å². The number of aromatic carboxylic acids is 1. The fraction of sp³-hybridized carbons (Fsp3) is 0.364. The quantitative estimate of drug-likeness (QED) is 0.689. The molecular weight excluding hydrogens is 226 g/mol. The second-order valence-corrected chi connectivity index (χ2v) is 3.39. The lowest BCUT2D eigenvalue weighted by Gasteiger charge is -2.16. The van der Waals surface area contributed by atoms with E-state index in [4.69, 9.17) is 25.4 Å². The number of carboxylic acids is 1. The molecule has 0 heterocycles. The summed E-state index contributed by atoms with van der Waals surface area (Å²) in [6.45, 7) is -0.351. The van der Waals surface area contributed by atoms with Crippen molar-refractivity contribution in [3.8, 4) is 11.5 Å². The van der Waals surface area contributed by atoms with E-state index in [0.717, 1.165) is 0 Å². The molecule has 1 atom stereocenters. The Hall–Kier alpha value is -1.79. The van der Waals surface area contributed by atoms with Crippen LogP contribution in [0, 0.1) is 0 Å². The predicted octanol–water partition coefficient (Wildman–Crippen LogP) is 0.394. The predicted molar refractivity (Wildman–Crippen MR) is 60.5 cm³/mol. The largest absolute Gasteiger partial charge is 0.493 e. The molecule has 1 aromatic rings. The maximum Gasteiger partial charge on any atom is 0.336 e. The highest BCUT2D eigenvalue weighted by molar-refractivity contribution is 5.90. The minimum Gasteiger partial charge on any atom is -0.493 e. The standard InChI is InChI=1S/C11H15NO5/c1-16-9-3-6(8(12)5-13)7(11(14)15)4-10(9)17-2/h3-4,8,13H,5,12H2,1-2H3,(H,14,15)/t8-/m0/s1. The summed E-state index contributed by atoms with van der Waals surface area (Å²) in [7, 11) is 2.85. The third-order valence-electron chi connectivity index (χ3n) is 2.38. The maximum atomic E-state index is 11.1. The second-order valence-electron chi connectivity index (χ2n) is 3.39. The van der Waals surface area contributed by atoms with Crippen molar-refractivity contribution in [3.63, 3.8) is 0 Å². The Morgan fingerprint density at radius 3 is 2.29 bits per heavy atom. The molecule has 0 aromatic heterocycles. The maximum absolute atomic E-state index is 11.1. The van der Waals surface area contributed by atoms with Gasteiger partial charge in [0, 0.05) is 0 Å². The van der Waals surface area contributed by atoms with Crippen LogP contribution < -0.4 is 15.2 Å². The van der Waals surface area contributed by atoms with Gasteiger partial charge in [-0.15, -0.1) is 0 Å². The molecule has 0 saturated heterocycles. The molecule has 6 nitrogen and oxygen atoms in total. The first-order chi connectivity index (χ1) is 8.04. The number of carboxylic acid groups (broad SMARTS) is 1. The Morgan fingerprint density at radius 2 is 1.88 bits per heavy atom. The van der Waals surface area contributed by atoms with Crippen LogP contribution in [0.1, 0.15) is 22.0 Å². The van der Waals surface area contributed by atoms with E-state index >= 15 is 0 Å². The van der Waals surface area contributed by atoms with E-state index in [-0.39, 0.29) is 12.2 Å². The van der Waals surface area contributed by atoms with Crippen molar-refractivity contribution in [1.29, 1.82) is 0 Å². The summed E-state index contributed by atoms with van der Waals surface area (Å²) in [5.74, 6) is -0.458. The van der Waals surface area contributed by atoms with E-state index in [2.05, 4.69) is 0 Å². The summed E-state index contributed by atoms with van der Waals surface area (Å²) >= 11 is 0. The normalized spacial score (nSPS) is 12.0. The van der Waals surface area contributed by atoms with Crippen molar-refractivity contribution in [2.45, 2.75) is 6.04 Å². The summed E-state index contributed by atoms with van der Waals surface area (Å²) < 4.78 is 10.1. The average Bonchev–Trinajstić information content (AvgIpc) is 2.35. The SMILES string of the molecule is COc1cc(C(=O)O)c([C@@H](N)CO)cc1OC. The first-order valence-corrected chi connectivity index (χ1v) is 4.90. The third kappa shape index (κ3) is 2.66. The number of aliphatic hydroxyl groups excluding tert-OH is 1. The Balaban J connectivity index is 3.40. The number of benzene rings is 1. The molecule has 17 heavy (non-hydrogen) atoms. The highest BCUT2D eigenvalue weighted by Crippen LogP contribution is 2.32. The molecule has 0 fully saturated rings. The molecule has 0 amide bonds. The van der Waals surface area contributed by atoms with Gasteiger partial charge >= 0.3 is 5.97 Å². The van der Waals surface area contributed by atoms with Gasteiger partial charge in [0.15, 0.2) is 11.5 Å². The Morgan fingerprint density at radius 1 is 1.35 bits per heavy atom. The first kappa shape index (κ1) is 13.3. The number of methoxy groups -OCH3 is 2. The Bertz CT molecular complexity index is 419. The number of carbonyl (C=O) groups is 1. The van der Waals surface area contributed by atoms with Crippen molar-refractivity contribution in [2.24, 2.45) is 5.73 Å². The van der Waals surface area contributed by atoms with Crippen LogP contribution in [0.3, 0.4) is 0 Å². The van der Waals surface area contributed by atoms with E-state index in [1.165, 1.54) is 26.4 Å². The van der Waals surface area contributed by atoms with Crippen molar-refractivity contribution in [3.05, 3.63) is 23.3 Å². The van der Waals surface area contributed by atoms with Gasteiger partial charge in [-0.05, 0) is 17.7 Å². The summed E-state index contributed by atoms with van der Waals surface area (Å²) in [4.78, 5) is 11.1. The smallest absolute Gasteiger partial charge is 0.336 e. The average molecular weight is 241 g/mol. The van der Waals surface area contributed by atoms with E-state index in [1.807, 2.05) is 0 Å². The van der Waals surface area contributed by atoms with Gasteiger partial charge in [-0.1, -0.05) is 0 Å². The minimum absolute atomic E-state index is 0.01000. The second kappa shape index (κ2) is 5.51. The monoisotopic (exact) mass is 241 g/mol. The van der Waals surface area contributed by atoms with Gasteiger partial charge in [-0.2, -0.15) is 0 Å². The van der Waals surface area contributed by atoms with E-state index in [1.54, 1.807) is 0 Å². The first-order valence-electron chi connectivity index (χ1n) is 4.90. The van der Waals surface area contributed by atoms with Gasteiger partial charge in [-0.25, -0.2) is 4.79 Å². The van der Waals surface area contributed by atoms with Crippen LogP contribution in [-0.2, 0) is 0 Å². The summed E-state index contributed by atoms with van der Waals surface area (Å²) in [6.07, 6.45) is 0. The molecule has 0 bridgehead atoms. The molecule has 94 valence electrons. The van der Waals surface area contributed by atoms with Gasteiger partial charge < -0.3 is 25.4 Å². The van der Waals surface area contributed by atoms with Gasteiger partial charge in [0.25, 0.3) is 0 Å². The molecule has 0 radical (unpaired) electrons. The fourth-order valence-electron chi connectivity index (χ4n) is 1.49. The molecule has 0 aliphatic rings. The van der Waals surface area contributed by atoms with E-state index < -0.39 is 12.0 Å². The highest BCUT2D eigenvalue weighted by Gasteiger charge is 2.19.